The highest BCUT2D eigenvalue weighted by Gasteiger charge is 2.21. The predicted octanol–water partition coefficient (Wildman–Crippen LogP) is 3.17. The molecule has 0 bridgehead atoms. The molecule has 0 aliphatic rings. The predicted molar refractivity (Wildman–Crippen MR) is 125 cm³/mol. The molecule has 1 amide bonds. The van der Waals surface area contributed by atoms with Gasteiger partial charge >= 0.3 is 0 Å². The lowest BCUT2D eigenvalue weighted by atomic mass is 10.2. The maximum Gasteiger partial charge on any atom is 0.267 e. The van der Waals surface area contributed by atoms with Crippen LogP contribution in [0, 0.1) is 6.92 Å². The van der Waals surface area contributed by atoms with Crippen molar-refractivity contribution in [3.63, 3.8) is 0 Å². The molecule has 0 saturated carbocycles. The van der Waals surface area contributed by atoms with E-state index >= 15 is 0 Å². The normalized spacial score (nSPS) is 11.4. The summed E-state index contributed by atoms with van der Waals surface area (Å²) in [7, 11) is 1.82. The number of fused-ring (bicyclic) bond motifs is 1. The number of carbonyl (C=O) groups is 1. The van der Waals surface area contributed by atoms with E-state index in [9.17, 15) is 4.79 Å². The highest BCUT2D eigenvalue weighted by Crippen LogP contribution is 2.30. The Morgan fingerprint density at radius 3 is 2.64 bits per heavy atom. The van der Waals surface area contributed by atoms with E-state index in [1.54, 1.807) is 16.9 Å². The minimum atomic E-state index is -0.597. The Hall–Kier alpha value is -4.27. The Morgan fingerprint density at radius 1 is 1.12 bits per heavy atom. The molecule has 5 aromatic rings. The number of hydrogen-bond acceptors (Lipinski definition) is 5. The number of aryl methyl sites for hydroxylation is 3. The third-order valence-electron chi connectivity index (χ3n) is 5.65. The number of primary amides is 1. The zero-order valence-corrected chi connectivity index (χ0v) is 18.7. The van der Waals surface area contributed by atoms with Gasteiger partial charge < -0.3 is 10.3 Å². The summed E-state index contributed by atoms with van der Waals surface area (Å²) in [5.41, 5.74) is 10.9. The molecule has 0 saturated heterocycles. The van der Waals surface area contributed by atoms with Crippen LogP contribution in [0.1, 0.15) is 28.7 Å². The molecule has 0 atom stereocenters. The van der Waals surface area contributed by atoms with Gasteiger partial charge in [-0.3, -0.25) is 14.2 Å². The van der Waals surface area contributed by atoms with Gasteiger partial charge in [-0.05, 0) is 31.5 Å². The summed E-state index contributed by atoms with van der Waals surface area (Å²) in [6, 6.07) is 13.8. The summed E-state index contributed by atoms with van der Waals surface area (Å²) < 4.78 is 5.68. The van der Waals surface area contributed by atoms with Crippen LogP contribution < -0.4 is 5.73 Å². The minimum Gasteiger partial charge on any atom is -0.364 e. The quantitative estimate of drug-likeness (QED) is 0.436. The van der Waals surface area contributed by atoms with E-state index in [0.29, 0.717) is 18.1 Å². The minimum absolute atomic E-state index is 0.173. The summed E-state index contributed by atoms with van der Waals surface area (Å²) in [4.78, 5) is 21.6. The van der Waals surface area contributed by atoms with Crippen molar-refractivity contribution in [2.45, 2.75) is 26.9 Å². The molecule has 33 heavy (non-hydrogen) atoms. The Balaban J connectivity index is 1.76. The molecule has 5 rings (SSSR count). The van der Waals surface area contributed by atoms with Crippen molar-refractivity contribution in [2.24, 2.45) is 12.8 Å². The molecule has 0 fully saturated rings. The fourth-order valence-electron chi connectivity index (χ4n) is 4.06. The lowest BCUT2D eigenvalue weighted by Gasteiger charge is -2.09. The molecular weight excluding hydrogens is 416 g/mol. The standard InChI is InChI=1S/C24H24N8O/c1-4-32-21(10-15(2)29-32)19-14-31(13-16-8-6-5-7-9-16)24(28-19)22-17-12-26-30(3)20(17)11-18(27-22)23(25)33/h5-12,14H,4,13H2,1-3H3,(H2,25,33). The molecule has 9 heteroatoms. The monoisotopic (exact) mass is 440 g/mol. The first-order valence-electron chi connectivity index (χ1n) is 10.7. The highest BCUT2D eigenvalue weighted by atomic mass is 16.1. The molecular formula is C24H24N8O. The average molecular weight is 441 g/mol. The third kappa shape index (κ3) is 3.67. The molecule has 0 unspecified atom stereocenters. The second kappa shape index (κ2) is 8.01. The van der Waals surface area contributed by atoms with Crippen LogP contribution >= 0.6 is 0 Å². The van der Waals surface area contributed by atoms with Crippen LogP contribution in [-0.4, -0.2) is 40.0 Å². The summed E-state index contributed by atoms with van der Waals surface area (Å²) in [6.07, 6.45) is 3.75. The first kappa shape index (κ1) is 20.6. The fourth-order valence-corrected chi connectivity index (χ4v) is 4.06. The van der Waals surface area contributed by atoms with Gasteiger partial charge in [-0.2, -0.15) is 10.2 Å². The molecule has 2 N–H and O–H groups in total. The summed E-state index contributed by atoms with van der Waals surface area (Å²) in [5.74, 6) is 0.0388. The van der Waals surface area contributed by atoms with Crippen LogP contribution in [0.3, 0.4) is 0 Å². The highest BCUT2D eigenvalue weighted by molar-refractivity contribution is 5.99. The number of pyridine rings is 1. The SMILES string of the molecule is CCn1nc(C)cc1-c1cn(Cc2ccccc2)c(-c2nc(C(N)=O)cc3c2cnn3C)n1. The van der Waals surface area contributed by atoms with Crippen LogP contribution in [0.15, 0.2) is 54.9 Å². The van der Waals surface area contributed by atoms with Gasteiger partial charge in [-0.25, -0.2) is 9.97 Å². The molecule has 0 radical (unpaired) electrons. The number of amides is 1. The fraction of sp³-hybridized carbons (Fsp3) is 0.208. The maximum atomic E-state index is 12.0. The topological polar surface area (TPSA) is 109 Å². The van der Waals surface area contributed by atoms with Gasteiger partial charge in [0.1, 0.15) is 17.1 Å². The summed E-state index contributed by atoms with van der Waals surface area (Å²) in [6.45, 7) is 5.34. The van der Waals surface area contributed by atoms with Crippen LogP contribution in [-0.2, 0) is 20.1 Å². The van der Waals surface area contributed by atoms with Crippen molar-refractivity contribution in [3.05, 3.63) is 71.8 Å². The number of imidazole rings is 1. The largest absolute Gasteiger partial charge is 0.364 e. The number of benzene rings is 1. The second-order valence-corrected chi connectivity index (χ2v) is 7.97. The Bertz CT molecular complexity index is 1480. The molecule has 0 aliphatic heterocycles. The molecule has 166 valence electrons. The van der Waals surface area contributed by atoms with Crippen LogP contribution in [0.25, 0.3) is 33.8 Å². The van der Waals surface area contributed by atoms with Crippen molar-refractivity contribution < 1.29 is 4.79 Å². The van der Waals surface area contributed by atoms with Gasteiger partial charge in [0, 0.05) is 31.7 Å². The smallest absolute Gasteiger partial charge is 0.267 e. The van der Waals surface area contributed by atoms with Crippen LogP contribution in [0.2, 0.25) is 0 Å². The van der Waals surface area contributed by atoms with Crippen LogP contribution in [0.5, 0.6) is 0 Å². The molecule has 0 aliphatic carbocycles. The first-order chi connectivity index (χ1) is 15.9. The lowest BCUT2D eigenvalue weighted by molar-refractivity contribution is 0.0996. The van der Waals surface area contributed by atoms with Gasteiger partial charge in [0.2, 0.25) is 0 Å². The lowest BCUT2D eigenvalue weighted by Crippen LogP contribution is -2.14. The number of rotatable bonds is 6. The average Bonchev–Trinajstić information content (AvgIpc) is 3.50. The maximum absolute atomic E-state index is 12.0. The van der Waals surface area contributed by atoms with E-state index in [1.807, 2.05) is 53.7 Å². The summed E-state index contributed by atoms with van der Waals surface area (Å²) in [5, 5.41) is 9.73. The van der Waals surface area contributed by atoms with Gasteiger partial charge in [-0.15, -0.1) is 0 Å². The number of carbonyl (C=O) groups excluding carboxylic acids is 1. The Labute approximate surface area is 190 Å². The van der Waals surface area contributed by atoms with Gasteiger partial charge in [-0.1, -0.05) is 30.3 Å². The van der Waals surface area contributed by atoms with Crippen molar-refractivity contribution in [2.75, 3.05) is 0 Å². The van der Waals surface area contributed by atoms with E-state index in [2.05, 4.69) is 34.2 Å². The first-order valence-corrected chi connectivity index (χ1v) is 10.7. The van der Waals surface area contributed by atoms with Crippen molar-refractivity contribution >= 4 is 16.8 Å². The molecule has 4 aromatic heterocycles. The second-order valence-electron chi connectivity index (χ2n) is 7.97. The summed E-state index contributed by atoms with van der Waals surface area (Å²) >= 11 is 0. The van der Waals surface area contributed by atoms with E-state index in [1.165, 1.54) is 0 Å². The van der Waals surface area contributed by atoms with E-state index in [0.717, 1.165) is 40.1 Å². The third-order valence-corrected chi connectivity index (χ3v) is 5.65. The Morgan fingerprint density at radius 2 is 1.91 bits per heavy atom. The molecule has 4 heterocycles. The zero-order chi connectivity index (χ0) is 23.1. The van der Waals surface area contributed by atoms with Gasteiger partial charge in [0.15, 0.2) is 5.82 Å². The van der Waals surface area contributed by atoms with Crippen molar-refractivity contribution in [1.82, 2.24) is 34.1 Å². The molecule has 9 nitrogen and oxygen atoms in total. The van der Waals surface area contributed by atoms with E-state index in [4.69, 9.17) is 10.7 Å². The number of hydrogen-bond donors (Lipinski definition) is 1. The molecule has 1 aromatic carbocycles. The number of nitrogens with zero attached hydrogens (tertiary/aromatic N) is 7. The molecule has 0 spiro atoms. The van der Waals surface area contributed by atoms with Crippen molar-refractivity contribution in [3.8, 4) is 22.9 Å². The van der Waals surface area contributed by atoms with E-state index in [-0.39, 0.29) is 5.69 Å². The van der Waals surface area contributed by atoms with Crippen molar-refractivity contribution in [1.29, 1.82) is 0 Å². The number of aromatic nitrogens is 7. The van der Waals surface area contributed by atoms with Gasteiger partial charge in [0.05, 0.1) is 23.1 Å². The zero-order valence-electron chi connectivity index (χ0n) is 18.7. The Kier molecular flexibility index (Phi) is 5.01. The van der Waals surface area contributed by atoms with E-state index < -0.39 is 5.91 Å². The number of nitrogens with two attached hydrogens (primary N) is 1. The van der Waals surface area contributed by atoms with Crippen LogP contribution in [0.4, 0.5) is 0 Å². The van der Waals surface area contributed by atoms with Gasteiger partial charge in [0.25, 0.3) is 5.91 Å².